The van der Waals surface area contributed by atoms with Gasteiger partial charge in [0.05, 0.1) is 5.56 Å². The van der Waals surface area contributed by atoms with E-state index in [-0.39, 0.29) is 17.7 Å². The summed E-state index contributed by atoms with van der Waals surface area (Å²) in [6.07, 6.45) is 2.57. The fraction of sp³-hybridized carbons (Fsp3) is 0.318. The minimum Gasteiger partial charge on any atom is -0.393 e. The molecule has 31 heavy (non-hydrogen) atoms. The lowest BCUT2D eigenvalue weighted by Gasteiger charge is -2.22. The number of aryl methyl sites for hydroxylation is 2. The third-order valence-corrected chi connectivity index (χ3v) is 5.70. The second-order valence-corrected chi connectivity index (χ2v) is 8.31. The Morgan fingerprint density at radius 3 is 2.65 bits per heavy atom. The summed E-state index contributed by atoms with van der Waals surface area (Å²) in [4.78, 5) is 25.5. The molecule has 0 saturated carbocycles. The Balaban J connectivity index is 1.53. The second kappa shape index (κ2) is 9.07. The van der Waals surface area contributed by atoms with Gasteiger partial charge >= 0.3 is 6.09 Å². The Hall–Kier alpha value is -2.91. The number of carbonyl (C=O) groups excluding carboxylic acids is 2. The van der Waals surface area contributed by atoms with Crippen LogP contribution < -0.4 is 10.1 Å². The van der Waals surface area contributed by atoms with Crippen molar-refractivity contribution in [3.05, 3.63) is 57.9 Å². The zero-order valence-corrected chi connectivity index (χ0v) is 18.8. The molecule has 1 N–H and O–H groups in total. The first-order valence-corrected chi connectivity index (χ1v) is 10.7. The van der Waals surface area contributed by atoms with Crippen molar-refractivity contribution in [3.63, 3.8) is 0 Å². The fourth-order valence-electron chi connectivity index (χ4n) is 3.49. The zero-order valence-electron chi connectivity index (χ0n) is 17.2. The van der Waals surface area contributed by atoms with Gasteiger partial charge in [-0.3, -0.25) is 4.79 Å². The highest BCUT2D eigenvalue weighted by Crippen LogP contribution is 2.29. The lowest BCUT2D eigenvalue weighted by atomic mass is 10.00. The highest BCUT2D eigenvalue weighted by atomic mass is 79.9. The molecule has 1 fully saturated rings. The first-order chi connectivity index (χ1) is 14.9. The van der Waals surface area contributed by atoms with Gasteiger partial charge in [-0.05, 0) is 31.9 Å². The highest BCUT2D eigenvalue weighted by Gasteiger charge is 2.25. The number of carbonyl (C=O) groups is 2. The summed E-state index contributed by atoms with van der Waals surface area (Å²) in [5, 5.41) is 6.92. The molecule has 0 radical (unpaired) electrons. The summed E-state index contributed by atoms with van der Waals surface area (Å²) in [7, 11) is 1.71. The Labute approximate surface area is 187 Å². The number of benzene rings is 1. The van der Waals surface area contributed by atoms with E-state index in [1.165, 1.54) is 0 Å². The van der Waals surface area contributed by atoms with E-state index in [2.05, 4.69) is 26.4 Å². The molecule has 1 aliphatic rings. The van der Waals surface area contributed by atoms with Gasteiger partial charge in [0, 0.05) is 54.2 Å². The third kappa shape index (κ3) is 4.72. The maximum absolute atomic E-state index is 13.3. The molecule has 4 rings (SSSR count). The molecule has 0 aliphatic carbocycles. The van der Waals surface area contributed by atoms with Crippen LogP contribution in [0.4, 0.5) is 4.79 Å². The molecule has 162 valence electrons. The molecule has 0 unspecified atom stereocenters. The lowest BCUT2D eigenvalue weighted by Crippen LogP contribution is -2.40. The van der Waals surface area contributed by atoms with Gasteiger partial charge in [-0.25, -0.2) is 4.79 Å². The summed E-state index contributed by atoms with van der Waals surface area (Å²) < 4.78 is 18.6. The number of ketones is 1. The van der Waals surface area contributed by atoms with Crippen LogP contribution in [0, 0.1) is 6.92 Å². The predicted octanol–water partition coefficient (Wildman–Crippen LogP) is 4.25. The van der Waals surface area contributed by atoms with Crippen molar-refractivity contribution in [1.82, 2.24) is 15.0 Å². The maximum atomic E-state index is 13.3. The minimum atomic E-state index is -0.552. The molecule has 2 aromatic heterocycles. The van der Waals surface area contributed by atoms with Crippen molar-refractivity contribution in [2.45, 2.75) is 25.8 Å². The summed E-state index contributed by atoms with van der Waals surface area (Å²) in [5.74, 6) is 0.436. The van der Waals surface area contributed by atoms with Crippen molar-refractivity contribution in [2.24, 2.45) is 7.05 Å². The topological polar surface area (TPSA) is 95.6 Å². The number of hydrogen-bond acceptors (Lipinski definition) is 6. The van der Waals surface area contributed by atoms with Crippen LogP contribution in [0.2, 0.25) is 0 Å². The Morgan fingerprint density at radius 1 is 1.23 bits per heavy atom. The monoisotopic (exact) mass is 487 g/mol. The molecule has 1 aliphatic heterocycles. The van der Waals surface area contributed by atoms with Gasteiger partial charge in [0.25, 0.3) is 0 Å². The van der Waals surface area contributed by atoms with E-state index < -0.39 is 6.09 Å². The minimum absolute atomic E-state index is 0.0238. The predicted molar refractivity (Wildman–Crippen MR) is 116 cm³/mol. The van der Waals surface area contributed by atoms with E-state index in [9.17, 15) is 9.59 Å². The number of nitrogens with zero attached hydrogens (tertiary/aromatic N) is 2. The van der Waals surface area contributed by atoms with Gasteiger partial charge in [0.1, 0.15) is 11.5 Å². The molecule has 1 saturated heterocycles. The van der Waals surface area contributed by atoms with Gasteiger partial charge in [0.2, 0.25) is 11.7 Å². The van der Waals surface area contributed by atoms with Crippen LogP contribution in [0.1, 0.15) is 34.5 Å². The van der Waals surface area contributed by atoms with E-state index in [1.807, 2.05) is 24.3 Å². The standard InChI is InChI=1S/C22H22BrN3O5/c1-13-19(20(25-31-13)14-3-5-16(23)6-4-14)21(27)15-11-18(26(2)12-15)30-22(28)24-17-7-9-29-10-8-17/h3-6,11-12,17H,7-10H2,1-2H3,(H,24,28). The van der Waals surface area contributed by atoms with Crippen molar-refractivity contribution in [2.75, 3.05) is 13.2 Å². The first-order valence-electron chi connectivity index (χ1n) is 9.91. The smallest absolute Gasteiger partial charge is 0.393 e. The molecule has 3 aromatic rings. The number of amides is 1. The van der Waals surface area contributed by atoms with Crippen LogP contribution in [0.3, 0.4) is 0 Å². The van der Waals surface area contributed by atoms with E-state index in [1.54, 1.807) is 30.8 Å². The van der Waals surface area contributed by atoms with Crippen molar-refractivity contribution >= 4 is 27.8 Å². The Kier molecular flexibility index (Phi) is 6.24. The molecule has 1 amide bonds. The summed E-state index contributed by atoms with van der Waals surface area (Å²) in [6.45, 7) is 2.93. The molecule has 0 spiro atoms. The molecular weight excluding hydrogens is 466 g/mol. The molecule has 0 atom stereocenters. The van der Waals surface area contributed by atoms with Crippen LogP contribution >= 0.6 is 15.9 Å². The number of nitrogens with one attached hydrogen (secondary N) is 1. The number of aromatic nitrogens is 2. The largest absolute Gasteiger partial charge is 0.414 e. The van der Waals surface area contributed by atoms with E-state index >= 15 is 0 Å². The average molecular weight is 488 g/mol. The molecule has 0 bridgehead atoms. The summed E-state index contributed by atoms with van der Waals surface area (Å²) >= 11 is 3.40. The van der Waals surface area contributed by atoms with E-state index in [0.717, 1.165) is 22.9 Å². The molecule has 9 heteroatoms. The SMILES string of the molecule is Cc1onc(-c2ccc(Br)cc2)c1C(=O)c1cc(OC(=O)NC2CCOCC2)n(C)c1. The van der Waals surface area contributed by atoms with Crippen molar-refractivity contribution in [3.8, 4) is 17.1 Å². The van der Waals surface area contributed by atoms with E-state index in [0.29, 0.717) is 35.8 Å². The zero-order chi connectivity index (χ0) is 22.0. The van der Waals surface area contributed by atoms with Crippen LogP contribution in [-0.4, -0.2) is 40.9 Å². The molecule has 1 aromatic carbocycles. The van der Waals surface area contributed by atoms with Gasteiger partial charge in [-0.2, -0.15) is 0 Å². The van der Waals surface area contributed by atoms with Crippen LogP contribution in [0.25, 0.3) is 11.3 Å². The van der Waals surface area contributed by atoms with Gasteiger partial charge in [-0.15, -0.1) is 0 Å². The average Bonchev–Trinajstić information content (AvgIpc) is 3.31. The van der Waals surface area contributed by atoms with Crippen molar-refractivity contribution < 1.29 is 23.6 Å². The van der Waals surface area contributed by atoms with Gasteiger partial charge in [-0.1, -0.05) is 33.2 Å². The lowest BCUT2D eigenvalue weighted by molar-refractivity contribution is 0.0776. The van der Waals surface area contributed by atoms with E-state index in [4.69, 9.17) is 14.0 Å². The van der Waals surface area contributed by atoms with Crippen LogP contribution in [0.5, 0.6) is 5.88 Å². The molecule has 3 heterocycles. The first kappa shape index (κ1) is 21.3. The number of halogens is 1. The molecular formula is C22H22BrN3O5. The number of rotatable bonds is 5. The fourth-order valence-corrected chi connectivity index (χ4v) is 3.76. The number of hydrogen-bond donors (Lipinski definition) is 1. The van der Waals surface area contributed by atoms with Crippen LogP contribution in [-0.2, 0) is 11.8 Å². The third-order valence-electron chi connectivity index (χ3n) is 5.17. The Morgan fingerprint density at radius 2 is 1.94 bits per heavy atom. The Bertz CT molecular complexity index is 1100. The van der Waals surface area contributed by atoms with Gasteiger partial charge < -0.3 is 23.9 Å². The maximum Gasteiger partial charge on any atom is 0.414 e. The van der Waals surface area contributed by atoms with Gasteiger partial charge in [0.15, 0.2) is 0 Å². The second-order valence-electron chi connectivity index (χ2n) is 7.40. The number of ether oxygens (including phenoxy) is 2. The normalized spacial score (nSPS) is 14.4. The molecule has 8 nitrogen and oxygen atoms in total. The quantitative estimate of drug-likeness (QED) is 0.540. The van der Waals surface area contributed by atoms with Crippen molar-refractivity contribution in [1.29, 1.82) is 0 Å². The summed E-state index contributed by atoms with van der Waals surface area (Å²) in [6, 6.07) is 9.04. The van der Waals surface area contributed by atoms with Crippen LogP contribution in [0.15, 0.2) is 45.5 Å². The highest BCUT2D eigenvalue weighted by molar-refractivity contribution is 9.10. The summed E-state index contributed by atoms with van der Waals surface area (Å²) in [5.41, 5.74) is 2.00.